The van der Waals surface area contributed by atoms with Crippen LogP contribution < -0.4 is 0 Å². The van der Waals surface area contributed by atoms with Gasteiger partial charge in [0.05, 0.1) is 12.0 Å². The van der Waals surface area contributed by atoms with Crippen LogP contribution in [-0.4, -0.2) is 38.4 Å². The number of fused-ring (bicyclic) bond motifs is 1. The number of rotatable bonds is 4. The summed E-state index contributed by atoms with van der Waals surface area (Å²) in [7, 11) is -2.87. The predicted octanol–water partition coefficient (Wildman–Crippen LogP) is 1.85. The van der Waals surface area contributed by atoms with Gasteiger partial charge in [-0.1, -0.05) is 0 Å². The van der Waals surface area contributed by atoms with Gasteiger partial charge in [0, 0.05) is 31.3 Å². The highest BCUT2D eigenvalue weighted by Crippen LogP contribution is 2.47. The lowest BCUT2D eigenvalue weighted by molar-refractivity contribution is 0.224. The number of furan rings is 1. The largest absolute Gasteiger partial charge is 0.469 e. The van der Waals surface area contributed by atoms with Crippen molar-refractivity contribution >= 4 is 9.84 Å². The average molecular weight is 283 g/mol. The SMILES string of the molecule is CS(=O)(=O)CC1(CN2CCCc3occc3C2)CC1. The lowest BCUT2D eigenvalue weighted by Gasteiger charge is -2.25. The maximum atomic E-state index is 11.5. The third-order valence-corrected chi connectivity index (χ3v) is 5.33. The molecule has 0 unspecified atom stereocenters. The molecule has 19 heavy (non-hydrogen) atoms. The molecule has 3 rings (SSSR count). The second-order valence-corrected chi connectivity index (χ2v) is 8.39. The van der Waals surface area contributed by atoms with Crippen molar-refractivity contribution in [2.75, 3.05) is 25.1 Å². The van der Waals surface area contributed by atoms with Crippen molar-refractivity contribution in [3.05, 3.63) is 23.7 Å². The van der Waals surface area contributed by atoms with Crippen molar-refractivity contribution in [2.24, 2.45) is 5.41 Å². The monoisotopic (exact) mass is 283 g/mol. The molecule has 1 aliphatic heterocycles. The first-order valence-corrected chi connectivity index (χ1v) is 8.97. The van der Waals surface area contributed by atoms with E-state index in [0.29, 0.717) is 5.75 Å². The molecule has 0 atom stereocenters. The maximum Gasteiger partial charge on any atom is 0.148 e. The summed E-state index contributed by atoms with van der Waals surface area (Å²) in [5.74, 6) is 1.45. The second-order valence-electron chi connectivity index (χ2n) is 6.25. The molecule has 2 heterocycles. The Morgan fingerprint density at radius 1 is 1.42 bits per heavy atom. The summed E-state index contributed by atoms with van der Waals surface area (Å²) in [6, 6.07) is 2.05. The van der Waals surface area contributed by atoms with Gasteiger partial charge in [0.25, 0.3) is 0 Å². The Balaban J connectivity index is 1.67. The van der Waals surface area contributed by atoms with Crippen molar-refractivity contribution in [3.8, 4) is 0 Å². The van der Waals surface area contributed by atoms with E-state index in [1.807, 2.05) is 6.07 Å². The first-order valence-electron chi connectivity index (χ1n) is 6.91. The molecule has 5 heteroatoms. The molecule has 0 spiro atoms. The zero-order chi connectivity index (χ0) is 13.5. The van der Waals surface area contributed by atoms with Crippen molar-refractivity contribution in [2.45, 2.75) is 32.2 Å². The molecule has 1 saturated carbocycles. The van der Waals surface area contributed by atoms with E-state index in [-0.39, 0.29) is 5.41 Å². The fourth-order valence-electron chi connectivity index (χ4n) is 3.20. The summed E-state index contributed by atoms with van der Waals surface area (Å²) in [4.78, 5) is 2.40. The predicted molar refractivity (Wildman–Crippen MR) is 73.7 cm³/mol. The molecule has 1 aliphatic carbocycles. The maximum absolute atomic E-state index is 11.5. The number of aryl methyl sites for hydroxylation is 1. The van der Waals surface area contributed by atoms with Crippen LogP contribution in [0.15, 0.2) is 16.7 Å². The van der Waals surface area contributed by atoms with Crippen LogP contribution in [0.25, 0.3) is 0 Å². The van der Waals surface area contributed by atoms with Gasteiger partial charge >= 0.3 is 0 Å². The quantitative estimate of drug-likeness (QED) is 0.846. The summed E-state index contributed by atoms with van der Waals surface area (Å²) >= 11 is 0. The third-order valence-electron chi connectivity index (χ3n) is 4.19. The van der Waals surface area contributed by atoms with Gasteiger partial charge in [-0.05, 0) is 37.3 Å². The van der Waals surface area contributed by atoms with Crippen LogP contribution in [0, 0.1) is 5.41 Å². The van der Waals surface area contributed by atoms with Gasteiger partial charge < -0.3 is 4.42 Å². The van der Waals surface area contributed by atoms with Crippen molar-refractivity contribution < 1.29 is 12.8 Å². The zero-order valence-electron chi connectivity index (χ0n) is 11.4. The summed E-state index contributed by atoms with van der Waals surface area (Å²) in [6.07, 6.45) is 7.30. The fourth-order valence-corrected chi connectivity index (χ4v) is 4.69. The van der Waals surface area contributed by atoms with Crippen LogP contribution in [-0.2, 0) is 22.8 Å². The summed E-state index contributed by atoms with van der Waals surface area (Å²) in [5.41, 5.74) is 1.30. The number of hydrogen-bond acceptors (Lipinski definition) is 4. The summed E-state index contributed by atoms with van der Waals surface area (Å²) < 4.78 is 28.5. The van der Waals surface area contributed by atoms with Gasteiger partial charge in [0.2, 0.25) is 0 Å². The minimum absolute atomic E-state index is 0.0296. The van der Waals surface area contributed by atoms with Crippen LogP contribution in [0.5, 0.6) is 0 Å². The highest BCUT2D eigenvalue weighted by molar-refractivity contribution is 7.90. The minimum atomic E-state index is -2.87. The Hall–Kier alpha value is -0.810. The molecular formula is C14H21NO3S. The van der Waals surface area contributed by atoms with E-state index in [2.05, 4.69) is 4.90 Å². The molecule has 0 saturated heterocycles. The third kappa shape index (κ3) is 3.20. The van der Waals surface area contributed by atoms with Gasteiger partial charge in [-0.2, -0.15) is 0 Å². The van der Waals surface area contributed by atoms with E-state index in [4.69, 9.17) is 4.42 Å². The second kappa shape index (κ2) is 4.63. The normalized spacial score (nSPS) is 22.8. The van der Waals surface area contributed by atoms with E-state index in [0.717, 1.165) is 51.1 Å². The summed E-state index contributed by atoms with van der Waals surface area (Å²) in [6.45, 7) is 2.84. The fraction of sp³-hybridized carbons (Fsp3) is 0.714. The van der Waals surface area contributed by atoms with E-state index in [1.54, 1.807) is 6.26 Å². The van der Waals surface area contributed by atoms with E-state index < -0.39 is 9.84 Å². The van der Waals surface area contributed by atoms with Gasteiger partial charge in [0.1, 0.15) is 15.6 Å². The smallest absolute Gasteiger partial charge is 0.148 e. The molecule has 1 aromatic rings. The molecule has 0 amide bonds. The van der Waals surface area contributed by atoms with Crippen LogP contribution in [0.2, 0.25) is 0 Å². The van der Waals surface area contributed by atoms with Gasteiger partial charge in [-0.15, -0.1) is 0 Å². The number of sulfone groups is 1. The van der Waals surface area contributed by atoms with Crippen LogP contribution in [0.4, 0.5) is 0 Å². The standard InChI is InChI=1S/C14H21NO3S/c1-19(16,17)11-14(5-6-14)10-15-7-2-3-13-12(9-15)4-8-18-13/h4,8H,2-3,5-7,9-11H2,1H3. The molecule has 2 aliphatic rings. The van der Waals surface area contributed by atoms with E-state index in [1.165, 1.54) is 11.8 Å². The Bertz CT molecular complexity index is 557. The zero-order valence-corrected chi connectivity index (χ0v) is 12.2. The van der Waals surface area contributed by atoms with Crippen LogP contribution in [0.3, 0.4) is 0 Å². The molecular weight excluding hydrogens is 262 g/mol. The van der Waals surface area contributed by atoms with Crippen molar-refractivity contribution in [3.63, 3.8) is 0 Å². The van der Waals surface area contributed by atoms with E-state index in [9.17, 15) is 8.42 Å². The molecule has 1 fully saturated rings. The molecule has 106 valence electrons. The highest BCUT2D eigenvalue weighted by atomic mass is 32.2. The molecule has 1 aromatic heterocycles. The first-order chi connectivity index (χ1) is 8.96. The van der Waals surface area contributed by atoms with Crippen LogP contribution in [0.1, 0.15) is 30.6 Å². The lowest BCUT2D eigenvalue weighted by atomic mass is 10.1. The Morgan fingerprint density at radius 2 is 2.21 bits per heavy atom. The Labute approximate surface area is 114 Å². The molecule has 0 N–H and O–H groups in total. The molecule has 0 radical (unpaired) electrons. The van der Waals surface area contributed by atoms with Crippen LogP contribution >= 0.6 is 0 Å². The molecule has 0 bridgehead atoms. The first kappa shape index (κ1) is 13.2. The number of hydrogen-bond donors (Lipinski definition) is 0. The average Bonchev–Trinajstić information content (AvgIpc) is 2.93. The lowest BCUT2D eigenvalue weighted by Crippen LogP contribution is -2.33. The van der Waals surface area contributed by atoms with Crippen molar-refractivity contribution in [1.82, 2.24) is 4.90 Å². The van der Waals surface area contributed by atoms with Gasteiger partial charge in [-0.3, -0.25) is 4.90 Å². The highest BCUT2D eigenvalue weighted by Gasteiger charge is 2.46. The molecule has 0 aromatic carbocycles. The van der Waals surface area contributed by atoms with Crippen molar-refractivity contribution in [1.29, 1.82) is 0 Å². The molecule has 4 nitrogen and oxygen atoms in total. The topological polar surface area (TPSA) is 50.5 Å². The van der Waals surface area contributed by atoms with Gasteiger partial charge in [-0.25, -0.2) is 8.42 Å². The minimum Gasteiger partial charge on any atom is -0.469 e. The number of nitrogens with zero attached hydrogens (tertiary/aromatic N) is 1. The van der Waals surface area contributed by atoms with E-state index >= 15 is 0 Å². The summed E-state index contributed by atoms with van der Waals surface area (Å²) in [5, 5.41) is 0. The Kier molecular flexibility index (Phi) is 3.21. The Morgan fingerprint density at radius 3 is 2.89 bits per heavy atom. The van der Waals surface area contributed by atoms with Gasteiger partial charge in [0.15, 0.2) is 0 Å².